The van der Waals surface area contributed by atoms with Gasteiger partial charge in [0.15, 0.2) is 0 Å². The average Bonchev–Trinajstić information content (AvgIpc) is 2.62. The van der Waals surface area contributed by atoms with Gasteiger partial charge in [0.1, 0.15) is 0 Å². The topological polar surface area (TPSA) is 38.3 Å². The molecule has 2 rings (SSSR count). The van der Waals surface area contributed by atoms with E-state index in [9.17, 15) is 4.79 Å². The number of nitrogens with one attached hydrogen (secondary N) is 1. The van der Waals surface area contributed by atoms with Gasteiger partial charge in [0.05, 0.1) is 13.0 Å². The highest BCUT2D eigenvalue weighted by molar-refractivity contribution is 5.73. The zero-order valence-electron chi connectivity index (χ0n) is 6.67. The highest BCUT2D eigenvalue weighted by Crippen LogP contribution is 2.36. The molecule has 3 heteroatoms. The van der Waals surface area contributed by atoms with E-state index in [0.717, 1.165) is 18.9 Å². The van der Waals surface area contributed by atoms with Crippen molar-refractivity contribution in [3.8, 4) is 0 Å². The van der Waals surface area contributed by atoms with Crippen LogP contribution in [-0.2, 0) is 9.53 Å². The second-order valence-electron chi connectivity index (χ2n) is 3.48. The van der Waals surface area contributed by atoms with Gasteiger partial charge in [0, 0.05) is 6.04 Å². The summed E-state index contributed by atoms with van der Waals surface area (Å²) < 4.78 is 4.71. The quantitative estimate of drug-likeness (QED) is 0.548. The van der Waals surface area contributed by atoms with Gasteiger partial charge in [-0.1, -0.05) is 0 Å². The maximum absolute atomic E-state index is 11.1. The number of fused-ring (bicyclic) bond motifs is 2. The summed E-state index contributed by atoms with van der Waals surface area (Å²) in [7, 11) is 1.47. The van der Waals surface area contributed by atoms with Gasteiger partial charge in [-0.2, -0.15) is 0 Å². The number of carbonyl (C=O) groups is 1. The van der Waals surface area contributed by atoms with Crippen molar-refractivity contribution in [2.75, 3.05) is 13.7 Å². The first-order chi connectivity index (χ1) is 5.31. The third-order valence-electron chi connectivity index (χ3n) is 2.83. The van der Waals surface area contributed by atoms with Crippen molar-refractivity contribution in [3.05, 3.63) is 0 Å². The van der Waals surface area contributed by atoms with Crippen LogP contribution in [0, 0.1) is 11.8 Å². The van der Waals surface area contributed by atoms with Gasteiger partial charge in [0.2, 0.25) is 0 Å². The first kappa shape index (κ1) is 7.10. The number of carbonyl (C=O) groups excluding carboxylic acids is 1. The normalized spacial score (nSPS) is 41.0. The molecule has 1 saturated heterocycles. The van der Waals surface area contributed by atoms with Crippen LogP contribution in [0.4, 0.5) is 0 Å². The summed E-state index contributed by atoms with van der Waals surface area (Å²) in [6.45, 7) is 1.10. The summed E-state index contributed by atoms with van der Waals surface area (Å²) >= 11 is 0. The molecule has 1 N–H and O–H groups in total. The smallest absolute Gasteiger partial charge is 0.310 e. The minimum Gasteiger partial charge on any atom is -0.469 e. The van der Waals surface area contributed by atoms with E-state index in [1.807, 2.05) is 0 Å². The molecule has 0 aromatic heterocycles. The molecule has 11 heavy (non-hydrogen) atoms. The van der Waals surface area contributed by atoms with Crippen molar-refractivity contribution in [3.63, 3.8) is 0 Å². The molecule has 1 aliphatic carbocycles. The lowest BCUT2D eigenvalue weighted by Gasteiger charge is -2.19. The number of esters is 1. The van der Waals surface area contributed by atoms with Crippen LogP contribution < -0.4 is 5.32 Å². The Bertz CT molecular complexity index is 181. The van der Waals surface area contributed by atoms with Crippen LogP contribution in [0.3, 0.4) is 0 Å². The Morgan fingerprint density at radius 3 is 2.82 bits per heavy atom. The fourth-order valence-corrected chi connectivity index (χ4v) is 2.27. The standard InChI is InChI=1S/C8H13NO2/c1-11-8(10)6-2-5-3-7(6)9-4-5/h5-7,9H,2-4H2,1H3. The molecule has 1 saturated carbocycles. The van der Waals surface area contributed by atoms with Crippen LogP contribution >= 0.6 is 0 Å². The van der Waals surface area contributed by atoms with Crippen LogP contribution in [0.5, 0.6) is 0 Å². The minimum absolute atomic E-state index is 0.0373. The van der Waals surface area contributed by atoms with Gasteiger partial charge in [-0.15, -0.1) is 0 Å². The molecule has 1 aliphatic heterocycles. The first-order valence-electron chi connectivity index (χ1n) is 4.12. The molecule has 0 aromatic carbocycles. The SMILES string of the molecule is COC(=O)C1CC2CNC1C2. The van der Waals surface area contributed by atoms with E-state index in [1.54, 1.807) is 0 Å². The lowest BCUT2D eigenvalue weighted by atomic mass is 10.0. The Hall–Kier alpha value is -0.570. The minimum atomic E-state index is -0.0373. The summed E-state index contributed by atoms with van der Waals surface area (Å²) in [5.41, 5.74) is 0. The highest BCUT2D eigenvalue weighted by atomic mass is 16.5. The molecule has 1 heterocycles. The number of piperidine rings is 1. The number of hydrogen-bond acceptors (Lipinski definition) is 3. The second kappa shape index (κ2) is 2.48. The number of ether oxygens (including phenoxy) is 1. The number of methoxy groups -OCH3 is 1. The van der Waals surface area contributed by atoms with Gasteiger partial charge in [-0.3, -0.25) is 4.79 Å². The van der Waals surface area contributed by atoms with E-state index in [1.165, 1.54) is 13.5 Å². The predicted molar refractivity (Wildman–Crippen MR) is 40.0 cm³/mol. The summed E-state index contributed by atoms with van der Waals surface area (Å²) in [5.74, 6) is 0.826. The zero-order valence-corrected chi connectivity index (χ0v) is 6.67. The molecule has 3 nitrogen and oxygen atoms in total. The van der Waals surface area contributed by atoms with Crippen LogP contribution in [0.15, 0.2) is 0 Å². The summed E-state index contributed by atoms with van der Waals surface area (Å²) in [6.07, 6.45) is 2.20. The molecule has 3 atom stereocenters. The number of hydrogen-bond donors (Lipinski definition) is 1. The van der Waals surface area contributed by atoms with E-state index in [0.29, 0.717) is 6.04 Å². The lowest BCUT2D eigenvalue weighted by molar-refractivity contribution is -0.146. The Morgan fingerprint density at radius 2 is 2.36 bits per heavy atom. The van der Waals surface area contributed by atoms with Gasteiger partial charge >= 0.3 is 5.97 Å². The first-order valence-corrected chi connectivity index (χ1v) is 4.12. The molecular weight excluding hydrogens is 142 g/mol. The molecule has 0 radical (unpaired) electrons. The van der Waals surface area contributed by atoms with Crippen molar-refractivity contribution in [1.82, 2.24) is 5.32 Å². The molecule has 2 aliphatic rings. The van der Waals surface area contributed by atoms with Gasteiger partial charge in [-0.05, 0) is 25.3 Å². The van der Waals surface area contributed by atoms with Gasteiger partial charge in [0.25, 0.3) is 0 Å². The van der Waals surface area contributed by atoms with Crippen molar-refractivity contribution >= 4 is 5.97 Å². The monoisotopic (exact) mass is 155 g/mol. The van der Waals surface area contributed by atoms with Gasteiger partial charge < -0.3 is 10.1 Å². The molecule has 2 fully saturated rings. The molecule has 0 amide bonds. The van der Waals surface area contributed by atoms with E-state index >= 15 is 0 Å². The molecular formula is C8H13NO2. The lowest BCUT2D eigenvalue weighted by Crippen LogP contribution is -2.37. The van der Waals surface area contributed by atoms with Crippen molar-refractivity contribution in [1.29, 1.82) is 0 Å². The van der Waals surface area contributed by atoms with Crippen LogP contribution in [0.2, 0.25) is 0 Å². The molecule has 0 spiro atoms. The summed E-state index contributed by atoms with van der Waals surface area (Å²) in [5, 5.41) is 3.32. The van der Waals surface area contributed by atoms with Crippen LogP contribution in [0.25, 0.3) is 0 Å². The van der Waals surface area contributed by atoms with Crippen LogP contribution in [0.1, 0.15) is 12.8 Å². The molecule has 62 valence electrons. The van der Waals surface area contributed by atoms with Crippen molar-refractivity contribution < 1.29 is 9.53 Å². The maximum atomic E-state index is 11.1. The van der Waals surface area contributed by atoms with E-state index in [-0.39, 0.29) is 11.9 Å². The zero-order chi connectivity index (χ0) is 7.84. The van der Waals surface area contributed by atoms with E-state index in [4.69, 9.17) is 4.74 Å². The van der Waals surface area contributed by atoms with Crippen LogP contribution in [-0.4, -0.2) is 25.7 Å². The second-order valence-corrected chi connectivity index (χ2v) is 3.48. The molecule has 0 aromatic rings. The Morgan fingerprint density at radius 1 is 1.55 bits per heavy atom. The van der Waals surface area contributed by atoms with E-state index < -0.39 is 0 Å². The fourth-order valence-electron chi connectivity index (χ4n) is 2.27. The predicted octanol–water partition coefficient (Wildman–Crippen LogP) is 0.157. The number of rotatable bonds is 1. The fraction of sp³-hybridized carbons (Fsp3) is 0.875. The van der Waals surface area contributed by atoms with Gasteiger partial charge in [-0.25, -0.2) is 0 Å². The van der Waals surface area contributed by atoms with E-state index in [2.05, 4.69) is 5.32 Å². The molecule has 2 bridgehead atoms. The average molecular weight is 155 g/mol. The molecule has 3 unspecified atom stereocenters. The Balaban J connectivity index is 2.02. The van der Waals surface area contributed by atoms with Crippen molar-refractivity contribution in [2.45, 2.75) is 18.9 Å². The van der Waals surface area contributed by atoms with Crippen molar-refractivity contribution in [2.24, 2.45) is 11.8 Å². The Labute approximate surface area is 66.1 Å². The Kier molecular flexibility index (Phi) is 1.60. The largest absolute Gasteiger partial charge is 0.469 e. The summed E-state index contributed by atoms with van der Waals surface area (Å²) in [6, 6.07) is 0.410. The maximum Gasteiger partial charge on any atom is 0.310 e. The highest BCUT2D eigenvalue weighted by Gasteiger charge is 2.43. The summed E-state index contributed by atoms with van der Waals surface area (Å²) in [4.78, 5) is 11.1. The third kappa shape index (κ3) is 1.03. The third-order valence-corrected chi connectivity index (χ3v) is 2.83.